The SMILES string of the molecule is Cc1ccc(F)c(C(N)Cc2ccccc2Br)c1. The van der Waals surface area contributed by atoms with Crippen LogP contribution in [0, 0.1) is 12.7 Å². The van der Waals surface area contributed by atoms with Crippen molar-refractivity contribution in [2.75, 3.05) is 0 Å². The van der Waals surface area contributed by atoms with Crippen molar-refractivity contribution in [3.63, 3.8) is 0 Å². The van der Waals surface area contributed by atoms with Crippen LogP contribution < -0.4 is 5.73 Å². The van der Waals surface area contributed by atoms with E-state index in [-0.39, 0.29) is 11.9 Å². The number of rotatable bonds is 3. The maximum atomic E-state index is 13.7. The Balaban J connectivity index is 2.25. The number of aryl methyl sites for hydroxylation is 1. The van der Waals surface area contributed by atoms with Gasteiger partial charge in [-0.25, -0.2) is 4.39 Å². The van der Waals surface area contributed by atoms with E-state index in [0.29, 0.717) is 12.0 Å². The molecule has 0 bridgehead atoms. The zero-order chi connectivity index (χ0) is 13.1. The van der Waals surface area contributed by atoms with Gasteiger partial charge in [-0.2, -0.15) is 0 Å². The van der Waals surface area contributed by atoms with Crippen molar-refractivity contribution in [1.29, 1.82) is 0 Å². The summed E-state index contributed by atoms with van der Waals surface area (Å²) in [6.45, 7) is 1.94. The van der Waals surface area contributed by atoms with Gasteiger partial charge in [0.05, 0.1) is 0 Å². The summed E-state index contributed by atoms with van der Waals surface area (Å²) >= 11 is 3.48. The van der Waals surface area contributed by atoms with Gasteiger partial charge in [-0.3, -0.25) is 0 Å². The topological polar surface area (TPSA) is 26.0 Å². The van der Waals surface area contributed by atoms with E-state index in [1.165, 1.54) is 6.07 Å². The summed E-state index contributed by atoms with van der Waals surface area (Å²) < 4.78 is 14.7. The Morgan fingerprint density at radius 1 is 1.22 bits per heavy atom. The second-order valence-electron chi connectivity index (χ2n) is 4.43. The fraction of sp³-hybridized carbons (Fsp3) is 0.200. The molecule has 3 heteroatoms. The van der Waals surface area contributed by atoms with E-state index >= 15 is 0 Å². The smallest absolute Gasteiger partial charge is 0.128 e. The predicted octanol–water partition coefficient (Wildman–Crippen LogP) is 4.14. The highest BCUT2D eigenvalue weighted by Gasteiger charge is 2.13. The Hall–Kier alpha value is -1.19. The van der Waals surface area contributed by atoms with Gasteiger partial charge in [-0.05, 0) is 31.0 Å². The van der Waals surface area contributed by atoms with Gasteiger partial charge in [0.1, 0.15) is 5.82 Å². The average molecular weight is 308 g/mol. The lowest BCUT2D eigenvalue weighted by Crippen LogP contribution is -2.15. The molecule has 2 rings (SSSR count). The van der Waals surface area contributed by atoms with Crippen molar-refractivity contribution in [1.82, 2.24) is 0 Å². The molecule has 0 radical (unpaired) electrons. The zero-order valence-electron chi connectivity index (χ0n) is 10.2. The van der Waals surface area contributed by atoms with Crippen LogP contribution in [0.3, 0.4) is 0 Å². The number of hydrogen-bond acceptors (Lipinski definition) is 1. The van der Waals surface area contributed by atoms with Gasteiger partial charge in [0.25, 0.3) is 0 Å². The van der Waals surface area contributed by atoms with Crippen LogP contribution >= 0.6 is 15.9 Å². The van der Waals surface area contributed by atoms with Crippen LogP contribution in [-0.2, 0) is 6.42 Å². The molecule has 0 saturated heterocycles. The van der Waals surface area contributed by atoms with Crippen molar-refractivity contribution in [3.05, 3.63) is 69.4 Å². The maximum absolute atomic E-state index is 13.7. The Morgan fingerprint density at radius 3 is 2.67 bits per heavy atom. The third kappa shape index (κ3) is 2.98. The summed E-state index contributed by atoms with van der Waals surface area (Å²) in [6.07, 6.45) is 0.613. The molecule has 0 aliphatic heterocycles. The van der Waals surface area contributed by atoms with E-state index < -0.39 is 0 Å². The van der Waals surface area contributed by atoms with Crippen molar-refractivity contribution in [3.8, 4) is 0 Å². The molecular weight excluding hydrogens is 293 g/mol. The maximum Gasteiger partial charge on any atom is 0.128 e. The molecular formula is C15H15BrFN. The molecule has 0 spiro atoms. The highest BCUT2D eigenvalue weighted by atomic mass is 79.9. The lowest BCUT2D eigenvalue weighted by Gasteiger charge is -2.14. The standard InChI is InChI=1S/C15H15BrFN/c1-10-6-7-14(17)12(8-10)15(18)9-11-4-2-3-5-13(11)16/h2-8,15H,9,18H2,1H3. The van der Waals surface area contributed by atoms with Crippen LogP contribution in [0.25, 0.3) is 0 Å². The van der Waals surface area contributed by atoms with Gasteiger partial charge in [-0.1, -0.05) is 51.8 Å². The molecule has 0 aliphatic carbocycles. The first kappa shape index (κ1) is 13.2. The molecule has 2 N–H and O–H groups in total. The first-order chi connectivity index (χ1) is 8.58. The van der Waals surface area contributed by atoms with Crippen LogP contribution in [0.2, 0.25) is 0 Å². The molecule has 2 aromatic carbocycles. The second kappa shape index (κ2) is 5.63. The Morgan fingerprint density at radius 2 is 1.94 bits per heavy atom. The quantitative estimate of drug-likeness (QED) is 0.906. The Bertz CT molecular complexity index is 554. The van der Waals surface area contributed by atoms with Gasteiger partial charge in [0.2, 0.25) is 0 Å². The van der Waals surface area contributed by atoms with Crippen molar-refractivity contribution < 1.29 is 4.39 Å². The predicted molar refractivity (Wildman–Crippen MR) is 75.9 cm³/mol. The van der Waals surface area contributed by atoms with Crippen LogP contribution in [0.1, 0.15) is 22.7 Å². The molecule has 0 aliphatic rings. The highest BCUT2D eigenvalue weighted by molar-refractivity contribution is 9.10. The number of halogens is 2. The summed E-state index contributed by atoms with van der Waals surface area (Å²) in [6, 6.07) is 12.6. The molecule has 0 amide bonds. The molecule has 18 heavy (non-hydrogen) atoms. The van der Waals surface area contributed by atoms with E-state index in [4.69, 9.17) is 5.73 Å². The highest BCUT2D eigenvalue weighted by Crippen LogP contribution is 2.24. The summed E-state index contributed by atoms with van der Waals surface area (Å²) in [5.41, 5.74) is 8.79. The fourth-order valence-corrected chi connectivity index (χ4v) is 2.40. The van der Waals surface area contributed by atoms with Crippen LogP contribution in [0.4, 0.5) is 4.39 Å². The van der Waals surface area contributed by atoms with Gasteiger partial charge in [0.15, 0.2) is 0 Å². The van der Waals surface area contributed by atoms with Crippen molar-refractivity contribution >= 4 is 15.9 Å². The molecule has 0 aromatic heterocycles. The fourth-order valence-electron chi connectivity index (χ4n) is 1.96. The molecule has 1 unspecified atom stereocenters. The van der Waals surface area contributed by atoms with E-state index in [2.05, 4.69) is 15.9 Å². The van der Waals surface area contributed by atoms with Gasteiger partial charge in [-0.15, -0.1) is 0 Å². The van der Waals surface area contributed by atoms with E-state index in [9.17, 15) is 4.39 Å². The normalized spacial score (nSPS) is 12.4. The summed E-state index contributed by atoms with van der Waals surface area (Å²) in [5.74, 6) is -0.236. The van der Waals surface area contributed by atoms with Crippen molar-refractivity contribution in [2.45, 2.75) is 19.4 Å². The first-order valence-electron chi connectivity index (χ1n) is 5.83. The van der Waals surface area contributed by atoms with Crippen LogP contribution in [0.15, 0.2) is 46.9 Å². The van der Waals surface area contributed by atoms with Gasteiger partial charge >= 0.3 is 0 Å². The van der Waals surface area contributed by atoms with Gasteiger partial charge < -0.3 is 5.73 Å². The Kier molecular flexibility index (Phi) is 4.15. The molecule has 0 saturated carbocycles. The number of benzene rings is 2. The largest absolute Gasteiger partial charge is 0.324 e. The monoisotopic (exact) mass is 307 g/mol. The van der Waals surface area contributed by atoms with Crippen LogP contribution in [0.5, 0.6) is 0 Å². The van der Waals surface area contributed by atoms with E-state index in [1.807, 2.05) is 37.3 Å². The van der Waals surface area contributed by atoms with Crippen molar-refractivity contribution in [2.24, 2.45) is 5.73 Å². The average Bonchev–Trinajstić information content (AvgIpc) is 2.35. The summed E-state index contributed by atoms with van der Waals surface area (Å²) in [7, 11) is 0. The second-order valence-corrected chi connectivity index (χ2v) is 5.28. The molecule has 94 valence electrons. The molecule has 2 aromatic rings. The van der Waals surface area contributed by atoms with Gasteiger partial charge in [0, 0.05) is 16.1 Å². The molecule has 1 atom stereocenters. The van der Waals surface area contributed by atoms with E-state index in [0.717, 1.165) is 15.6 Å². The number of nitrogens with two attached hydrogens (primary N) is 1. The molecule has 1 nitrogen and oxygen atoms in total. The third-order valence-corrected chi connectivity index (χ3v) is 3.72. The van der Waals surface area contributed by atoms with E-state index in [1.54, 1.807) is 6.07 Å². The lowest BCUT2D eigenvalue weighted by atomic mass is 9.98. The lowest BCUT2D eigenvalue weighted by molar-refractivity contribution is 0.579. The third-order valence-electron chi connectivity index (χ3n) is 2.95. The zero-order valence-corrected chi connectivity index (χ0v) is 11.7. The first-order valence-corrected chi connectivity index (χ1v) is 6.62. The molecule has 0 fully saturated rings. The summed E-state index contributed by atoms with van der Waals surface area (Å²) in [4.78, 5) is 0. The minimum Gasteiger partial charge on any atom is -0.324 e. The minimum absolute atomic E-state index is 0.236. The number of hydrogen-bond donors (Lipinski definition) is 1. The molecule has 0 heterocycles. The summed E-state index contributed by atoms with van der Waals surface area (Å²) in [5, 5.41) is 0. The minimum atomic E-state index is -0.330. The Labute approximate surface area is 115 Å². The van der Waals surface area contributed by atoms with Crippen LogP contribution in [-0.4, -0.2) is 0 Å².